The van der Waals surface area contributed by atoms with Crippen LogP contribution in [0, 0.1) is 3.57 Å². The van der Waals surface area contributed by atoms with E-state index in [0.717, 1.165) is 3.57 Å². The number of aliphatic hydroxyl groups excluding tert-OH is 1. The van der Waals surface area contributed by atoms with Crippen LogP contribution in [0.5, 0.6) is 0 Å². The van der Waals surface area contributed by atoms with Gasteiger partial charge in [-0.05, 0) is 46.9 Å². The minimum Gasteiger partial charge on any atom is -0.390 e. The molecular weight excluding hydrogens is 331 g/mol. The van der Waals surface area contributed by atoms with Gasteiger partial charge in [0.2, 0.25) is 0 Å². The first-order chi connectivity index (χ1) is 7.44. The smallest absolute Gasteiger partial charge is 0.287 e. The second-order valence-corrected chi connectivity index (χ2v) is 4.45. The molecule has 0 aliphatic heterocycles. The van der Waals surface area contributed by atoms with Crippen LogP contribution in [0.2, 0.25) is 0 Å². The number of rotatable bonds is 4. The van der Waals surface area contributed by atoms with Crippen LogP contribution in [0.3, 0.4) is 0 Å². The Kier molecular flexibility index (Phi) is 4.60. The molecule has 0 aliphatic carbocycles. The molecule has 0 saturated heterocycles. The highest BCUT2D eigenvalue weighted by Crippen LogP contribution is 2.11. The van der Waals surface area contributed by atoms with E-state index in [-0.39, 0.29) is 0 Å². The van der Waals surface area contributed by atoms with Crippen LogP contribution in [-0.4, -0.2) is 30.1 Å². The number of aliphatic hydroxyl groups is 1. The van der Waals surface area contributed by atoms with E-state index in [2.05, 4.69) is 27.9 Å². The summed E-state index contributed by atoms with van der Waals surface area (Å²) in [6.07, 6.45) is 0. The first kappa shape index (κ1) is 13.3. The van der Waals surface area contributed by atoms with E-state index in [4.69, 9.17) is 5.11 Å². The second-order valence-electron chi connectivity index (χ2n) is 3.20. The maximum absolute atomic E-state index is 12.6. The highest BCUT2D eigenvalue weighted by atomic mass is 127. The quantitative estimate of drug-likeness (QED) is 0.819. The molecule has 0 saturated carbocycles. The van der Waals surface area contributed by atoms with E-state index >= 15 is 0 Å². The third-order valence-corrected chi connectivity index (χ3v) is 2.56. The van der Waals surface area contributed by atoms with E-state index in [1.807, 2.05) is 0 Å². The highest BCUT2D eigenvalue weighted by molar-refractivity contribution is 14.1. The van der Waals surface area contributed by atoms with E-state index in [1.165, 1.54) is 0 Å². The largest absolute Gasteiger partial charge is 0.390 e. The van der Waals surface area contributed by atoms with E-state index < -0.39 is 25.0 Å². The van der Waals surface area contributed by atoms with Crippen molar-refractivity contribution < 1.29 is 18.7 Å². The van der Waals surface area contributed by atoms with E-state index in [1.54, 1.807) is 24.3 Å². The van der Waals surface area contributed by atoms with Gasteiger partial charge in [-0.3, -0.25) is 4.79 Å². The molecule has 0 spiro atoms. The zero-order valence-corrected chi connectivity index (χ0v) is 10.4. The van der Waals surface area contributed by atoms with Gasteiger partial charge in [-0.25, -0.2) is 8.78 Å². The predicted octanol–water partition coefficient (Wildman–Crippen LogP) is 1.65. The van der Waals surface area contributed by atoms with Crippen molar-refractivity contribution >= 4 is 28.5 Å². The molecule has 0 radical (unpaired) electrons. The fourth-order valence-electron chi connectivity index (χ4n) is 0.969. The van der Waals surface area contributed by atoms with Crippen molar-refractivity contribution in [3.05, 3.63) is 33.4 Å². The lowest BCUT2D eigenvalue weighted by Crippen LogP contribution is -2.38. The summed E-state index contributed by atoms with van der Waals surface area (Å²) < 4.78 is 26.2. The Morgan fingerprint density at radius 1 is 1.38 bits per heavy atom. The Balaban J connectivity index is 2.56. The monoisotopic (exact) mass is 341 g/mol. The molecular formula is C10H10F2INO2. The molecule has 3 nitrogen and oxygen atoms in total. The van der Waals surface area contributed by atoms with Gasteiger partial charge < -0.3 is 10.4 Å². The van der Waals surface area contributed by atoms with Crippen LogP contribution in [0.15, 0.2) is 24.3 Å². The summed E-state index contributed by atoms with van der Waals surface area (Å²) in [4.78, 5) is 11.4. The van der Waals surface area contributed by atoms with Crippen LogP contribution in [-0.2, 0) is 0 Å². The van der Waals surface area contributed by atoms with Crippen molar-refractivity contribution in [1.29, 1.82) is 0 Å². The fourth-order valence-corrected chi connectivity index (χ4v) is 1.33. The lowest BCUT2D eigenvalue weighted by atomic mass is 10.2. The molecule has 88 valence electrons. The molecule has 1 rings (SSSR count). The maximum Gasteiger partial charge on any atom is 0.287 e. The molecule has 6 heteroatoms. The number of alkyl halides is 2. The Labute approximate surface area is 105 Å². The van der Waals surface area contributed by atoms with Crippen molar-refractivity contribution in [2.24, 2.45) is 0 Å². The number of nitrogens with one attached hydrogen (secondary N) is 1. The zero-order chi connectivity index (χ0) is 12.2. The van der Waals surface area contributed by atoms with E-state index in [0.29, 0.717) is 5.56 Å². The molecule has 1 amide bonds. The summed E-state index contributed by atoms with van der Waals surface area (Å²) >= 11 is 2.08. The minimum atomic E-state index is -3.28. The first-order valence-electron chi connectivity index (χ1n) is 4.47. The van der Waals surface area contributed by atoms with Gasteiger partial charge in [0.25, 0.3) is 11.8 Å². The van der Waals surface area contributed by atoms with Crippen LogP contribution >= 0.6 is 22.6 Å². The van der Waals surface area contributed by atoms with Crippen molar-refractivity contribution in [2.45, 2.75) is 5.92 Å². The lowest BCUT2D eigenvalue weighted by molar-refractivity contribution is -0.0462. The predicted molar refractivity (Wildman–Crippen MR) is 63.5 cm³/mol. The van der Waals surface area contributed by atoms with Gasteiger partial charge in [0.05, 0.1) is 6.54 Å². The molecule has 0 aliphatic rings. The average Bonchev–Trinajstić information content (AvgIpc) is 2.27. The van der Waals surface area contributed by atoms with Crippen LogP contribution in [0.25, 0.3) is 0 Å². The van der Waals surface area contributed by atoms with E-state index in [9.17, 15) is 13.6 Å². The molecule has 1 aromatic rings. The van der Waals surface area contributed by atoms with Crippen LogP contribution in [0.4, 0.5) is 8.78 Å². The summed E-state index contributed by atoms with van der Waals surface area (Å²) in [5.41, 5.74) is 0.314. The number of carbonyl (C=O) groups excluding carboxylic acids is 1. The molecule has 0 unspecified atom stereocenters. The summed E-state index contributed by atoms with van der Waals surface area (Å²) in [7, 11) is 0. The standard InChI is InChI=1S/C10H10F2INO2/c11-10(12,6-15)5-14-9(16)7-1-3-8(13)4-2-7/h1-4,15H,5-6H2,(H,14,16). The Bertz CT molecular complexity index is 368. The second kappa shape index (κ2) is 5.53. The summed E-state index contributed by atoms with van der Waals surface area (Å²) in [5.74, 6) is -3.86. The molecule has 0 fully saturated rings. The highest BCUT2D eigenvalue weighted by Gasteiger charge is 2.28. The lowest BCUT2D eigenvalue weighted by Gasteiger charge is -2.13. The normalized spacial score (nSPS) is 11.2. The van der Waals surface area contributed by atoms with Crippen molar-refractivity contribution in [3.8, 4) is 0 Å². The third-order valence-electron chi connectivity index (χ3n) is 1.85. The molecule has 0 heterocycles. The summed E-state index contributed by atoms with van der Waals surface area (Å²) in [5, 5.41) is 10.4. The molecule has 2 N–H and O–H groups in total. The van der Waals surface area contributed by atoms with Crippen LogP contribution < -0.4 is 5.32 Å². The van der Waals surface area contributed by atoms with Crippen molar-refractivity contribution in [2.75, 3.05) is 13.2 Å². The Morgan fingerprint density at radius 3 is 2.44 bits per heavy atom. The zero-order valence-electron chi connectivity index (χ0n) is 8.21. The Morgan fingerprint density at radius 2 is 1.94 bits per heavy atom. The molecule has 16 heavy (non-hydrogen) atoms. The van der Waals surface area contributed by atoms with Gasteiger partial charge in [0, 0.05) is 9.13 Å². The van der Waals surface area contributed by atoms with Gasteiger partial charge >= 0.3 is 0 Å². The minimum absolute atomic E-state index is 0.314. The summed E-state index contributed by atoms with van der Waals surface area (Å²) in [6, 6.07) is 6.52. The number of benzene rings is 1. The number of amides is 1. The average molecular weight is 341 g/mol. The van der Waals surface area contributed by atoms with Gasteiger partial charge in [-0.15, -0.1) is 0 Å². The number of hydrogen-bond donors (Lipinski definition) is 2. The van der Waals surface area contributed by atoms with Crippen LogP contribution in [0.1, 0.15) is 10.4 Å². The molecule has 0 bridgehead atoms. The third kappa shape index (κ3) is 4.01. The fraction of sp³-hybridized carbons (Fsp3) is 0.300. The Hall–Kier alpha value is -0.760. The number of halogens is 3. The number of hydrogen-bond acceptors (Lipinski definition) is 2. The SMILES string of the molecule is O=C(NCC(F)(F)CO)c1ccc(I)cc1. The summed E-state index contributed by atoms with van der Waals surface area (Å²) in [6.45, 7) is -2.14. The molecule has 1 aromatic carbocycles. The first-order valence-corrected chi connectivity index (χ1v) is 5.55. The maximum atomic E-state index is 12.6. The van der Waals surface area contributed by atoms with Gasteiger partial charge in [-0.2, -0.15) is 0 Å². The van der Waals surface area contributed by atoms with Crippen molar-refractivity contribution in [1.82, 2.24) is 5.32 Å². The van der Waals surface area contributed by atoms with Gasteiger partial charge in [0.1, 0.15) is 6.61 Å². The molecule has 0 atom stereocenters. The van der Waals surface area contributed by atoms with Crippen molar-refractivity contribution in [3.63, 3.8) is 0 Å². The topological polar surface area (TPSA) is 49.3 Å². The number of carbonyl (C=O) groups is 1. The van der Waals surface area contributed by atoms with Gasteiger partial charge in [-0.1, -0.05) is 0 Å². The molecule has 0 aromatic heterocycles. The van der Waals surface area contributed by atoms with Gasteiger partial charge in [0.15, 0.2) is 0 Å².